The summed E-state index contributed by atoms with van der Waals surface area (Å²) < 4.78 is 0. The summed E-state index contributed by atoms with van der Waals surface area (Å²) in [4.78, 5) is 14.9. The van der Waals surface area contributed by atoms with Crippen molar-refractivity contribution in [2.24, 2.45) is 17.1 Å². The molecule has 1 atom stereocenters. The maximum Gasteiger partial charge on any atom is 0.227 e. The minimum absolute atomic E-state index is 0. The second-order valence-electron chi connectivity index (χ2n) is 6.50. The average Bonchev–Trinajstić information content (AvgIpc) is 2.47. The van der Waals surface area contributed by atoms with Gasteiger partial charge in [0.1, 0.15) is 0 Å². The minimum atomic E-state index is -0.369. The lowest BCUT2D eigenvalue weighted by Gasteiger charge is -2.36. The molecule has 0 aromatic carbocycles. The molecule has 1 aliphatic heterocycles. The maximum atomic E-state index is 12.4. The molecule has 0 aliphatic carbocycles. The van der Waals surface area contributed by atoms with Gasteiger partial charge >= 0.3 is 0 Å². The number of nitrogens with two attached hydrogens (primary N) is 1. The molecule has 1 unspecified atom stereocenters. The van der Waals surface area contributed by atoms with Crippen LogP contribution in [0.3, 0.4) is 0 Å². The number of amides is 1. The third kappa shape index (κ3) is 6.23. The Bertz CT molecular complexity index is 302. The Morgan fingerprint density at radius 3 is 2.36 bits per heavy atom. The number of carbonyl (C=O) groups excluding carboxylic acids is 1. The van der Waals surface area contributed by atoms with Crippen LogP contribution in [0.4, 0.5) is 0 Å². The molecule has 6 heteroatoms. The van der Waals surface area contributed by atoms with Crippen molar-refractivity contribution in [2.45, 2.75) is 59.4 Å². The lowest BCUT2D eigenvalue weighted by molar-refractivity contribution is -0.131. The number of piperidine rings is 1. The van der Waals surface area contributed by atoms with Crippen LogP contribution in [-0.4, -0.2) is 43.0 Å². The molecule has 0 saturated carbocycles. The zero-order valence-corrected chi connectivity index (χ0v) is 16.2. The van der Waals surface area contributed by atoms with Crippen molar-refractivity contribution in [1.82, 2.24) is 10.2 Å². The molecule has 22 heavy (non-hydrogen) atoms. The van der Waals surface area contributed by atoms with Gasteiger partial charge in [-0.2, -0.15) is 0 Å². The van der Waals surface area contributed by atoms with E-state index in [2.05, 4.69) is 37.9 Å². The van der Waals surface area contributed by atoms with Crippen LogP contribution in [0, 0.1) is 11.3 Å². The Morgan fingerprint density at radius 1 is 1.32 bits per heavy atom. The summed E-state index contributed by atoms with van der Waals surface area (Å²) in [5.74, 6) is 0.728. The number of hydrogen-bond donors (Lipinski definition) is 2. The van der Waals surface area contributed by atoms with Crippen LogP contribution in [-0.2, 0) is 4.79 Å². The number of halogens is 2. The molecule has 134 valence electrons. The summed E-state index contributed by atoms with van der Waals surface area (Å²) in [5, 5.41) is 3.16. The first-order valence-electron chi connectivity index (χ1n) is 8.21. The molecule has 0 aromatic heterocycles. The summed E-state index contributed by atoms with van der Waals surface area (Å²) in [6.45, 7) is 12.1. The average molecular weight is 356 g/mol. The standard InChI is InChI=1S/C16H33N3O.2ClH/c1-5-16(6-2,12-17)15(20)18-10-14-8-7-9-19(11-14)13(3)4;;/h13-14H,5-12,17H2,1-4H3,(H,18,20);2*1H. The maximum absolute atomic E-state index is 12.4. The van der Waals surface area contributed by atoms with Crippen LogP contribution in [0.2, 0.25) is 0 Å². The van der Waals surface area contributed by atoms with Gasteiger partial charge in [-0.1, -0.05) is 13.8 Å². The fraction of sp³-hybridized carbons (Fsp3) is 0.938. The van der Waals surface area contributed by atoms with E-state index in [1.165, 1.54) is 19.4 Å². The fourth-order valence-electron chi connectivity index (χ4n) is 3.11. The van der Waals surface area contributed by atoms with E-state index in [0.29, 0.717) is 18.5 Å². The monoisotopic (exact) mass is 355 g/mol. The molecule has 1 heterocycles. The van der Waals surface area contributed by atoms with Gasteiger partial charge in [-0.3, -0.25) is 4.79 Å². The quantitative estimate of drug-likeness (QED) is 0.738. The van der Waals surface area contributed by atoms with Gasteiger partial charge in [0, 0.05) is 25.7 Å². The lowest BCUT2D eigenvalue weighted by Crippen LogP contribution is -2.49. The van der Waals surface area contributed by atoms with Crippen LogP contribution >= 0.6 is 24.8 Å². The predicted octanol–water partition coefficient (Wildman–Crippen LogP) is 2.83. The number of likely N-dealkylation sites (tertiary alicyclic amines) is 1. The third-order valence-corrected chi connectivity index (χ3v) is 5.06. The van der Waals surface area contributed by atoms with Gasteiger partial charge in [-0.25, -0.2) is 0 Å². The van der Waals surface area contributed by atoms with Gasteiger partial charge in [-0.15, -0.1) is 24.8 Å². The van der Waals surface area contributed by atoms with E-state index in [1.54, 1.807) is 0 Å². The highest BCUT2D eigenvalue weighted by Gasteiger charge is 2.33. The Hall–Kier alpha value is -0.0300. The Kier molecular flexibility index (Phi) is 12.7. The second kappa shape index (κ2) is 11.5. The highest BCUT2D eigenvalue weighted by Crippen LogP contribution is 2.25. The fourth-order valence-corrected chi connectivity index (χ4v) is 3.11. The number of rotatable bonds is 7. The van der Waals surface area contributed by atoms with Crippen LogP contribution in [0.1, 0.15) is 53.4 Å². The first-order chi connectivity index (χ1) is 9.49. The van der Waals surface area contributed by atoms with Gasteiger partial charge in [0.25, 0.3) is 0 Å². The van der Waals surface area contributed by atoms with E-state index in [0.717, 1.165) is 25.9 Å². The number of nitrogens with one attached hydrogen (secondary N) is 1. The zero-order valence-electron chi connectivity index (χ0n) is 14.6. The Morgan fingerprint density at radius 2 is 1.91 bits per heavy atom. The molecule has 1 rings (SSSR count). The molecule has 0 radical (unpaired) electrons. The molecular weight excluding hydrogens is 321 g/mol. The van der Waals surface area contributed by atoms with Crippen molar-refractivity contribution in [3.63, 3.8) is 0 Å². The predicted molar refractivity (Wildman–Crippen MR) is 99.0 cm³/mol. The van der Waals surface area contributed by atoms with Crippen molar-refractivity contribution < 1.29 is 4.79 Å². The van der Waals surface area contributed by atoms with E-state index in [-0.39, 0.29) is 36.1 Å². The van der Waals surface area contributed by atoms with Crippen molar-refractivity contribution in [3.05, 3.63) is 0 Å². The van der Waals surface area contributed by atoms with E-state index >= 15 is 0 Å². The molecule has 0 aromatic rings. The topological polar surface area (TPSA) is 58.4 Å². The summed E-state index contributed by atoms with van der Waals surface area (Å²) >= 11 is 0. The van der Waals surface area contributed by atoms with Crippen LogP contribution in [0.25, 0.3) is 0 Å². The third-order valence-electron chi connectivity index (χ3n) is 5.06. The summed E-state index contributed by atoms with van der Waals surface area (Å²) in [5.41, 5.74) is 5.46. The summed E-state index contributed by atoms with van der Waals surface area (Å²) in [7, 11) is 0. The first kappa shape index (κ1) is 24.2. The summed E-state index contributed by atoms with van der Waals surface area (Å²) in [6, 6.07) is 0.600. The normalized spacial score (nSPS) is 19.3. The van der Waals surface area contributed by atoms with E-state index < -0.39 is 0 Å². The molecule has 1 saturated heterocycles. The first-order valence-corrected chi connectivity index (χ1v) is 8.21. The molecule has 4 nitrogen and oxygen atoms in total. The van der Waals surface area contributed by atoms with Crippen LogP contribution in [0.5, 0.6) is 0 Å². The van der Waals surface area contributed by atoms with Gasteiger partial charge < -0.3 is 16.0 Å². The molecule has 1 aliphatic rings. The summed E-state index contributed by atoms with van der Waals surface area (Å²) in [6.07, 6.45) is 4.09. The molecule has 3 N–H and O–H groups in total. The minimum Gasteiger partial charge on any atom is -0.355 e. The van der Waals surface area contributed by atoms with E-state index in [9.17, 15) is 4.79 Å². The van der Waals surface area contributed by atoms with Crippen molar-refractivity contribution >= 4 is 30.7 Å². The van der Waals surface area contributed by atoms with Crippen molar-refractivity contribution in [3.8, 4) is 0 Å². The van der Waals surface area contributed by atoms with Gasteiger partial charge in [0.2, 0.25) is 5.91 Å². The lowest BCUT2D eigenvalue weighted by atomic mass is 9.81. The molecule has 1 fully saturated rings. The zero-order chi connectivity index (χ0) is 15.2. The SMILES string of the molecule is CCC(CC)(CN)C(=O)NCC1CCCN(C(C)C)C1.Cl.Cl. The molecule has 1 amide bonds. The van der Waals surface area contributed by atoms with Crippen LogP contribution < -0.4 is 11.1 Å². The van der Waals surface area contributed by atoms with Crippen LogP contribution in [0.15, 0.2) is 0 Å². The number of nitrogens with zero attached hydrogens (tertiary/aromatic N) is 1. The second-order valence-corrected chi connectivity index (χ2v) is 6.50. The van der Waals surface area contributed by atoms with Crippen molar-refractivity contribution in [2.75, 3.05) is 26.2 Å². The molecule has 0 bridgehead atoms. The highest BCUT2D eigenvalue weighted by atomic mass is 35.5. The Balaban J connectivity index is 0. The Labute approximate surface area is 148 Å². The number of hydrogen-bond acceptors (Lipinski definition) is 3. The molecule has 0 spiro atoms. The van der Waals surface area contributed by atoms with Gasteiger partial charge in [-0.05, 0) is 52.0 Å². The number of carbonyl (C=O) groups is 1. The van der Waals surface area contributed by atoms with E-state index in [4.69, 9.17) is 5.73 Å². The van der Waals surface area contributed by atoms with E-state index in [1.807, 2.05) is 0 Å². The highest BCUT2D eigenvalue weighted by molar-refractivity contribution is 5.85. The molecular formula is C16H35Cl2N3O. The van der Waals surface area contributed by atoms with Crippen molar-refractivity contribution in [1.29, 1.82) is 0 Å². The smallest absolute Gasteiger partial charge is 0.227 e. The van der Waals surface area contributed by atoms with Gasteiger partial charge in [0.15, 0.2) is 0 Å². The van der Waals surface area contributed by atoms with Gasteiger partial charge in [0.05, 0.1) is 5.41 Å². The largest absolute Gasteiger partial charge is 0.355 e.